The van der Waals surface area contributed by atoms with Gasteiger partial charge in [0.05, 0.1) is 0 Å². The van der Waals surface area contributed by atoms with Gasteiger partial charge in [-0.05, 0) is 25.0 Å². The Bertz CT molecular complexity index is 126. The lowest BCUT2D eigenvalue weighted by Gasteiger charge is -2.25. The maximum absolute atomic E-state index is 3.80. The Morgan fingerprint density at radius 1 is 0.917 bits per heavy atom. The van der Waals surface area contributed by atoms with E-state index in [-0.39, 0.29) is 0 Å². The molecule has 0 spiro atoms. The fourth-order valence-electron chi connectivity index (χ4n) is 2.27. The van der Waals surface area contributed by atoms with Gasteiger partial charge in [-0.2, -0.15) is 11.8 Å². The van der Waals surface area contributed by atoms with E-state index in [4.69, 9.17) is 0 Å². The zero-order valence-corrected chi connectivity index (χ0v) is 8.54. The van der Waals surface area contributed by atoms with Crippen molar-refractivity contribution in [2.75, 3.05) is 11.5 Å². The molecule has 70 valence electrons. The first-order valence-electron chi connectivity index (χ1n) is 5.29. The molecule has 1 atom stereocenters. The predicted octanol–water partition coefficient (Wildman–Crippen LogP) is 2.41. The van der Waals surface area contributed by atoms with Crippen molar-refractivity contribution in [3.63, 3.8) is 0 Å². The first kappa shape index (κ1) is 8.89. The average molecular weight is 185 g/mol. The molecule has 1 saturated carbocycles. The minimum atomic E-state index is 0.845. The van der Waals surface area contributed by atoms with E-state index >= 15 is 0 Å². The molecule has 0 amide bonds. The third-order valence-electron chi connectivity index (χ3n) is 3.01. The van der Waals surface area contributed by atoms with E-state index in [1.807, 2.05) is 0 Å². The van der Waals surface area contributed by atoms with Crippen LogP contribution in [0.4, 0.5) is 0 Å². The van der Waals surface area contributed by atoms with Crippen LogP contribution in [0, 0.1) is 0 Å². The lowest BCUT2D eigenvalue weighted by molar-refractivity contribution is 0.346. The zero-order valence-electron chi connectivity index (χ0n) is 7.72. The molecule has 1 unspecified atom stereocenters. The van der Waals surface area contributed by atoms with E-state index in [1.54, 1.807) is 0 Å². The Balaban J connectivity index is 1.69. The molecule has 1 nitrogen and oxygen atoms in total. The van der Waals surface area contributed by atoms with Crippen molar-refractivity contribution in [1.82, 2.24) is 5.32 Å². The van der Waals surface area contributed by atoms with E-state index in [0.29, 0.717) is 0 Å². The van der Waals surface area contributed by atoms with Crippen molar-refractivity contribution >= 4 is 11.8 Å². The maximum Gasteiger partial charge on any atom is 0.0168 e. The highest BCUT2D eigenvalue weighted by Crippen LogP contribution is 2.22. The molecule has 2 aliphatic rings. The Kier molecular flexibility index (Phi) is 3.35. The van der Waals surface area contributed by atoms with Gasteiger partial charge in [0.2, 0.25) is 0 Å². The fraction of sp³-hybridized carbons (Fsp3) is 1.00. The summed E-state index contributed by atoms with van der Waals surface area (Å²) in [7, 11) is 0. The molecule has 1 heterocycles. The molecule has 2 heteroatoms. The highest BCUT2D eigenvalue weighted by Gasteiger charge is 2.20. The molecule has 1 aliphatic carbocycles. The van der Waals surface area contributed by atoms with Crippen LogP contribution < -0.4 is 5.32 Å². The molecule has 1 N–H and O–H groups in total. The molecular weight excluding hydrogens is 166 g/mol. The van der Waals surface area contributed by atoms with Gasteiger partial charge in [-0.25, -0.2) is 0 Å². The first-order chi connectivity index (χ1) is 5.95. The molecule has 1 aliphatic heterocycles. The monoisotopic (exact) mass is 185 g/mol. The van der Waals surface area contributed by atoms with Crippen molar-refractivity contribution in [3.05, 3.63) is 0 Å². The van der Waals surface area contributed by atoms with Crippen LogP contribution in [0.15, 0.2) is 0 Å². The van der Waals surface area contributed by atoms with E-state index in [2.05, 4.69) is 17.1 Å². The summed E-state index contributed by atoms with van der Waals surface area (Å²) in [5.74, 6) is 2.74. The summed E-state index contributed by atoms with van der Waals surface area (Å²) in [5, 5.41) is 3.80. The lowest BCUT2D eigenvalue weighted by atomic mass is 9.95. The maximum atomic E-state index is 3.80. The fourth-order valence-corrected chi connectivity index (χ4v) is 3.43. The highest BCUT2D eigenvalue weighted by atomic mass is 32.2. The third kappa shape index (κ3) is 2.40. The molecule has 0 aromatic carbocycles. The van der Waals surface area contributed by atoms with Crippen LogP contribution in [0.3, 0.4) is 0 Å². The van der Waals surface area contributed by atoms with E-state index in [0.717, 1.165) is 12.1 Å². The topological polar surface area (TPSA) is 12.0 Å². The SMILES string of the molecule is C1CCC(NC2CCSC2)CC1. The van der Waals surface area contributed by atoms with Gasteiger partial charge in [-0.15, -0.1) is 0 Å². The summed E-state index contributed by atoms with van der Waals surface area (Å²) in [5.41, 5.74) is 0. The summed E-state index contributed by atoms with van der Waals surface area (Å²) in [6.45, 7) is 0. The quantitative estimate of drug-likeness (QED) is 0.709. The smallest absolute Gasteiger partial charge is 0.0168 e. The molecule has 12 heavy (non-hydrogen) atoms. The van der Waals surface area contributed by atoms with Crippen molar-refractivity contribution in [3.8, 4) is 0 Å². The van der Waals surface area contributed by atoms with Crippen molar-refractivity contribution in [2.45, 2.75) is 50.6 Å². The van der Waals surface area contributed by atoms with E-state index in [9.17, 15) is 0 Å². The molecule has 0 bridgehead atoms. The summed E-state index contributed by atoms with van der Waals surface area (Å²) in [6.07, 6.45) is 8.65. The zero-order chi connectivity index (χ0) is 8.23. The predicted molar refractivity (Wildman–Crippen MR) is 55.7 cm³/mol. The Morgan fingerprint density at radius 2 is 1.75 bits per heavy atom. The summed E-state index contributed by atoms with van der Waals surface area (Å²) in [6, 6.07) is 1.71. The second kappa shape index (κ2) is 4.52. The Morgan fingerprint density at radius 3 is 2.42 bits per heavy atom. The second-order valence-corrected chi connectivity index (χ2v) is 5.21. The van der Waals surface area contributed by atoms with Gasteiger partial charge in [0.15, 0.2) is 0 Å². The lowest BCUT2D eigenvalue weighted by Crippen LogP contribution is -2.39. The molecular formula is C10H19NS. The number of hydrogen-bond donors (Lipinski definition) is 1. The van der Waals surface area contributed by atoms with Gasteiger partial charge >= 0.3 is 0 Å². The Hall–Kier alpha value is 0.310. The molecule has 2 fully saturated rings. The van der Waals surface area contributed by atoms with Crippen LogP contribution >= 0.6 is 11.8 Å². The largest absolute Gasteiger partial charge is 0.310 e. The standard InChI is InChI=1S/C10H19NS/c1-2-4-9(5-3-1)11-10-6-7-12-8-10/h9-11H,1-8H2. The van der Waals surface area contributed by atoms with Gasteiger partial charge in [0.1, 0.15) is 0 Å². The van der Waals surface area contributed by atoms with Crippen LogP contribution in [0.1, 0.15) is 38.5 Å². The highest BCUT2D eigenvalue weighted by molar-refractivity contribution is 7.99. The van der Waals surface area contributed by atoms with Crippen molar-refractivity contribution < 1.29 is 0 Å². The number of rotatable bonds is 2. The molecule has 0 radical (unpaired) electrons. The summed E-state index contributed by atoms with van der Waals surface area (Å²) in [4.78, 5) is 0. The van der Waals surface area contributed by atoms with Crippen LogP contribution in [-0.4, -0.2) is 23.6 Å². The minimum Gasteiger partial charge on any atom is -0.310 e. The molecule has 2 rings (SSSR count). The minimum absolute atomic E-state index is 0.845. The molecule has 0 aromatic rings. The average Bonchev–Trinajstić information content (AvgIpc) is 2.59. The second-order valence-electron chi connectivity index (χ2n) is 4.06. The van der Waals surface area contributed by atoms with Crippen LogP contribution in [0.2, 0.25) is 0 Å². The van der Waals surface area contributed by atoms with E-state index < -0.39 is 0 Å². The normalized spacial score (nSPS) is 32.5. The van der Waals surface area contributed by atoms with Crippen molar-refractivity contribution in [2.24, 2.45) is 0 Å². The number of thioether (sulfide) groups is 1. The number of nitrogens with one attached hydrogen (secondary N) is 1. The molecule has 0 aromatic heterocycles. The van der Waals surface area contributed by atoms with Crippen molar-refractivity contribution in [1.29, 1.82) is 0 Å². The third-order valence-corrected chi connectivity index (χ3v) is 4.17. The van der Waals surface area contributed by atoms with Gasteiger partial charge < -0.3 is 5.32 Å². The van der Waals surface area contributed by atoms with Gasteiger partial charge in [-0.1, -0.05) is 19.3 Å². The van der Waals surface area contributed by atoms with Gasteiger partial charge in [0, 0.05) is 17.8 Å². The van der Waals surface area contributed by atoms with Gasteiger partial charge in [0.25, 0.3) is 0 Å². The first-order valence-corrected chi connectivity index (χ1v) is 6.44. The van der Waals surface area contributed by atoms with E-state index in [1.165, 1.54) is 50.0 Å². The van der Waals surface area contributed by atoms with Crippen LogP contribution in [0.25, 0.3) is 0 Å². The van der Waals surface area contributed by atoms with Gasteiger partial charge in [-0.3, -0.25) is 0 Å². The Labute approximate surface area is 79.7 Å². The van der Waals surface area contributed by atoms with Crippen LogP contribution in [0.5, 0.6) is 0 Å². The molecule has 1 saturated heterocycles. The summed E-state index contributed by atoms with van der Waals surface area (Å²) >= 11 is 2.11. The van der Waals surface area contributed by atoms with Crippen LogP contribution in [-0.2, 0) is 0 Å². The number of hydrogen-bond acceptors (Lipinski definition) is 2. The summed E-state index contributed by atoms with van der Waals surface area (Å²) < 4.78 is 0.